The van der Waals surface area contributed by atoms with Crippen molar-refractivity contribution < 1.29 is 8.42 Å². The van der Waals surface area contributed by atoms with E-state index in [4.69, 9.17) is 0 Å². The minimum absolute atomic E-state index is 0.434. The van der Waals surface area contributed by atoms with Crippen LogP contribution in [0.5, 0.6) is 0 Å². The molecule has 3 rings (SSSR count). The summed E-state index contributed by atoms with van der Waals surface area (Å²) in [6, 6.07) is 5.61. The van der Waals surface area contributed by atoms with Gasteiger partial charge >= 0.3 is 0 Å². The molecule has 2 heterocycles. The molecule has 2 aromatic rings. The Bertz CT molecular complexity index is 648. The standard InChI is InChI=1S/C10H6O2S2/c11-14(12)4-2-8-5-9-7(1-3-13-9)6-10(8)14/h1-6H. The maximum absolute atomic E-state index is 11.5. The lowest BCUT2D eigenvalue weighted by Crippen LogP contribution is -1.92. The number of fused-ring (bicyclic) bond motifs is 2. The van der Waals surface area contributed by atoms with Crippen molar-refractivity contribution in [3.05, 3.63) is 34.6 Å². The van der Waals surface area contributed by atoms with Crippen LogP contribution in [0.15, 0.2) is 33.9 Å². The van der Waals surface area contributed by atoms with Gasteiger partial charge in [-0.2, -0.15) is 0 Å². The molecule has 0 unspecified atom stereocenters. The summed E-state index contributed by atoms with van der Waals surface area (Å²) < 4.78 is 24.2. The van der Waals surface area contributed by atoms with Crippen molar-refractivity contribution in [2.24, 2.45) is 0 Å². The van der Waals surface area contributed by atoms with Gasteiger partial charge in [0.05, 0.1) is 4.90 Å². The van der Waals surface area contributed by atoms with E-state index < -0.39 is 9.84 Å². The quantitative estimate of drug-likeness (QED) is 0.686. The third-order valence-corrected chi connectivity index (χ3v) is 4.66. The van der Waals surface area contributed by atoms with Gasteiger partial charge in [0.15, 0.2) is 9.84 Å². The van der Waals surface area contributed by atoms with Crippen LogP contribution >= 0.6 is 11.3 Å². The topological polar surface area (TPSA) is 34.1 Å². The Balaban J connectivity index is 2.50. The lowest BCUT2D eigenvalue weighted by molar-refractivity contribution is 0.605. The maximum Gasteiger partial charge on any atom is 0.200 e. The van der Waals surface area contributed by atoms with Crippen molar-refractivity contribution in [3.8, 4) is 0 Å². The molecule has 1 aromatic heterocycles. The van der Waals surface area contributed by atoms with Crippen molar-refractivity contribution in [1.29, 1.82) is 0 Å². The van der Waals surface area contributed by atoms with Crippen LogP contribution in [0, 0.1) is 0 Å². The predicted molar refractivity (Wildman–Crippen MR) is 58.0 cm³/mol. The minimum atomic E-state index is -3.15. The van der Waals surface area contributed by atoms with Crippen LogP contribution < -0.4 is 0 Å². The van der Waals surface area contributed by atoms with Crippen LogP contribution in [0.3, 0.4) is 0 Å². The van der Waals surface area contributed by atoms with Crippen LogP contribution in [-0.4, -0.2) is 8.42 Å². The number of sulfone groups is 1. The molecule has 70 valence electrons. The van der Waals surface area contributed by atoms with Crippen molar-refractivity contribution in [1.82, 2.24) is 0 Å². The zero-order chi connectivity index (χ0) is 9.76. The average molecular weight is 222 g/mol. The second-order valence-corrected chi connectivity index (χ2v) is 5.95. The van der Waals surface area contributed by atoms with Gasteiger partial charge < -0.3 is 0 Å². The lowest BCUT2D eigenvalue weighted by atomic mass is 10.2. The highest BCUT2D eigenvalue weighted by molar-refractivity contribution is 7.94. The number of hydrogen-bond acceptors (Lipinski definition) is 3. The van der Waals surface area contributed by atoms with Gasteiger partial charge in [-0.1, -0.05) is 0 Å². The van der Waals surface area contributed by atoms with Crippen LogP contribution in [0.1, 0.15) is 5.56 Å². The van der Waals surface area contributed by atoms with Crippen molar-refractivity contribution in [2.45, 2.75) is 4.90 Å². The summed E-state index contributed by atoms with van der Waals surface area (Å²) in [6.45, 7) is 0. The van der Waals surface area contributed by atoms with E-state index in [-0.39, 0.29) is 0 Å². The Morgan fingerprint density at radius 1 is 1.21 bits per heavy atom. The highest BCUT2D eigenvalue weighted by atomic mass is 32.2. The highest BCUT2D eigenvalue weighted by Gasteiger charge is 2.20. The van der Waals surface area contributed by atoms with Crippen LogP contribution in [0.25, 0.3) is 16.2 Å². The molecule has 0 spiro atoms. The molecular formula is C10H6O2S2. The SMILES string of the molecule is O=S1(=O)C=Cc2cc3sccc3cc21. The van der Waals surface area contributed by atoms with Gasteiger partial charge in [0.1, 0.15) is 0 Å². The van der Waals surface area contributed by atoms with E-state index in [0.717, 1.165) is 15.6 Å². The Morgan fingerprint density at radius 2 is 2.07 bits per heavy atom. The summed E-state index contributed by atoms with van der Waals surface area (Å²) in [6.07, 6.45) is 1.66. The molecule has 0 aliphatic carbocycles. The molecule has 1 aliphatic heterocycles. The van der Waals surface area contributed by atoms with E-state index >= 15 is 0 Å². The molecule has 0 radical (unpaired) electrons. The average Bonchev–Trinajstić information content (AvgIpc) is 2.69. The summed E-state index contributed by atoms with van der Waals surface area (Å²) in [4.78, 5) is 0.434. The fourth-order valence-corrected chi connectivity index (χ4v) is 3.66. The summed E-state index contributed by atoms with van der Waals surface area (Å²) in [5.74, 6) is 0. The van der Waals surface area contributed by atoms with E-state index in [9.17, 15) is 8.42 Å². The summed E-state index contributed by atoms with van der Waals surface area (Å²) in [5.41, 5.74) is 0.806. The highest BCUT2D eigenvalue weighted by Crippen LogP contribution is 2.32. The molecular weight excluding hydrogens is 216 g/mol. The van der Waals surface area contributed by atoms with E-state index in [0.29, 0.717) is 4.90 Å². The molecule has 1 aliphatic rings. The largest absolute Gasteiger partial charge is 0.219 e. The first-order valence-corrected chi connectivity index (χ1v) is 6.54. The molecule has 2 nitrogen and oxygen atoms in total. The summed E-state index contributed by atoms with van der Waals surface area (Å²) in [5, 5.41) is 4.23. The first kappa shape index (κ1) is 8.20. The van der Waals surface area contributed by atoms with Crippen molar-refractivity contribution in [3.63, 3.8) is 0 Å². The fraction of sp³-hybridized carbons (Fsp3) is 0. The van der Waals surface area contributed by atoms with E-state index in [2.05, 4.69) is 0 Å². The Labute approximate surface area is 85.4 Å². The third-order valence-electron chi connectivity index (χ3n) is 2.32. The van der Waals surface area contributed by atoms with Gasteiger partial charge in [-0.3, -0.25) is 0 Å². The van der Waals surface area contributed by atoms with Gasteiger partial charge in [0, 0.05) is 10.1 Å². The lowest BCUT2D eigenvalue weighted by Gasteiger charge is -1.98. The molecule has 0 saturated heterocycles. The molecule has 0 fully saturated rings. The molecule has 0 N–H and O–H groups in total. The molecule has 0 saturated carbocycles. The second kappa shape index (κ2) is 2.46. The Morgan fingerprint density at radius 3 is 2.93 bits per heavy atom. The van der Waals surface area contributed by atoms with E-state index in [1.54, 1.807) is 23.5 Å². The number of thiophene rings is 1. The zero-order valence-corrected chi connectivity index (χ0v) is 8.73. The molecule has 0 bridgehead atoms. The van der Waals surface area contributed by atoms with E-state index in [1.807, 2.05) is 17.5 Å². The van der Waals surface area contributed by atoms with Gasteiger partial charge in [0.2, 0.25) is 0 Å². The Hall–Kier alpha value is -1.13. The number of rotatable bonds is 0. The van der Waals surface area contributed by atoms with Crippen molar-refractivity contribution in [2.75, 3.05) is 0 Å². The summed E-state index contributed by atoms with van der Waals surface area (Å²) >= 11 is 1.62. The van der Waals surface area contributed by atoms with Crippen molar-refractivity contribution >= 4 is 37.3 Å². The molecule has 14 heavy (non-hydrogen) atoms. The van der Waals surface area contributed by atoms with Gasteiger partial charge in [-0.25, -0.2) is 8.42 Å². The predicted octanol–water partition coefficient (Wildman–Crippen LogP) is 2.66. The minimum Gasteiger partial charge on any atom is -0.219 e. The van der Waals surface area contributed by atoms with E-state index in [1.165, 1.54) is 5.41 Å². The maximum atomic E-state index is 11.5. The first-order chi connectivity index (χ1) is 6.67. The summed E-state index contributed by atoms with van der Waals surface area (Å²) in [7, 11) is -3.15. The van der Waals surface area contributed by atoms with Crippen LogP contribution in [0.2, 0.25) is 0 Å². The number of hydrogen-bond donors (Lipinski definition) is 0. The normalized spacial score (nSPS) is 17.4. The number of benzene rings is 1. The smallest absolute Gasteiger partial charge is 0.200 e. The van der Waals surface area contributed by atoms with Crippen LogP contribution in [0.4, 0.5) is 0 Å². The second-order valence-electron chi connectivity index (χ2n) is 3.20. The Kier molecular flexibility index (Phi) is 1.44. The monoisotopic (exact) mass is 222 g/mol. The molecule has 4 heteroatoms. The van der Waals surface area contributed by atoms with Gasteiger partial charge in [0.25, 0.3) is 0 Å². The van der Waals surface area contributed by atoms with Gasteiger partial charge in [-0.05, 0) is 40.6 Å². The first-order valence-electron chi connectivity index (χ1n) is 4.11. The fourth-order valence-electron chi connectivity index (χ4n) is 1.62. The van der Waals surface area contributed by atoms with Gasteiger partial charge in [-0.15, -0.1) is 11.3 Å². The molecule has 0 amide bonds. The van der Waals surface area contributed by atoms with Crippen LogP contribution in [-0.2, 0) is 9.84 Å². The molecule has 0 atom stereocenters. The third kappa shape index (κ3) is 0.980. The molecule has 1 aromatic carbocycles. The zero-order valence-electron chi connectivity index (χ0n) is 7.10.